The molecule has 2 rings (SSSR count). The highest BCUT2D eigenvalue weighted by molar-refractivity contribution is 7.21. The fraction of sp³-hybridized carbons (Fsp3) is 0.357. The van der Waals surface area contributed by atoms with E-state index in [4.69, 9.17) is 5.73 Å². The van der Waals surface area contributed by atoms with E-state index in [-0.39, 0.29) is 18.4 Å². The first-order valence-electron chi connectivity index (χ1n) is 6.77. The number of pyridine rings is 1. The summed E-state index contributed by atoms with van der Waals surface area (Å²) in [5.41, 5.74) is 6.94. The van der Waals surface area contributed by atoms with Crippen molar-refractivity contribution in [3.05, 3.63) is 23.2 Å². The molecule has 0 spiro atoms. The lowest BCUT2D eigenvalue weighted by molar-refractivity contribution is -0.129. The van der Waals surface area contributed by atoms with Crippen molar-refractivity contribution in [1.82, 2.24) is 15.2 Å². The van der Waals surface area contributed by atoms with E-state index in [1.54, 1.807) is 17.2 Å². The number of amides is 2. The highest BCUT2D eigenvalue weighted by Gasteiger charge is 2.18. The number of anilines is 1. The Morgan fingerprint density at radius 2 is 2.10 bits per heavy atom. The minimum Gasteiger partial charge on any atom is -0.396 e. The van der Waals surface area contributed by atoms with Crippen molar-refractivity contribution in [2.75, 3.05) is 25.4 Å². The average molecular weight is 306 g/mol. The number of hydrogen-bond acceptors (Lipinski definition) is 5. The van der Waals surface area contributed by atoms with E-state index in [1.165, 1.54) is 11.3 Å². The number of hydrogen-bond donors (Lipinski definition) is 2. The second-order valence-corrected chi connectivity index (χ2v) is 5.50. The van der Waals surface area contributed by atoms with Gasteiger partial charge in [-0.15, -0.1) is 11.3 Å². The maximum atomic E-state index is 12.2. The Bertz CT molecular complexity index is 664. The summed E-state index contributed by atoms with van der Waals surface area (Å²) in [6, 6.07) is 3.66. The molecule has 2 amide bonds. The number of carbonyl (C=O) groups excluding carboxylic acids is 2. The lowest BCUT2D eigenvalue weighted by Gasteiger charge is -2.18. The molecule has 0 saturated carbocycles. The molecule has 0 saturated heterocycles. The molecule has 2 aromatic rings. The maximum Gasteiger partial charge on any atom is 0.264 e. The van der Waals surface area contributed by atoms with E-state index >= 15 is 0 Å². The van der Waals surface area contributed by atoms with Crippen molar-refractivity contribution < 1.29 is 9.59 Å². The van der Waals surface area contributed by atoms with E-state index in [2.05, 4.69) is 10.3 Å². The molecule has 0 radical (unpaired) electrons. The molecule has 0 atom stereocenters. The summed E-state index contributed by atoms with van der Waals surface area (Å²) in [4.78, 5) is 30.3. The first-order valence-corrected chi connectivity index (χ1v) is 7.59. The minimum absolute atomic E-state index is 0.0262. The molecule has 0 aliphatic carbocycles. The van der Waals surface area contributed by atoms with Crippen LogP contribution < -0.4 is 11.1 Å². The van der Waals surface area contributed by atoms with Crippen LogP contribution in [0.1, 0.15) is 23.5 Å². The van der Waals surface area contributed by atoms with Gasteiger partial charge in [0.25, 0.3) is 5.91 Å². The van der Waals surface area contributed by atoms with Crippen molar-refractivity contribution in [3.63, 3.8) is 0 Å². The van der Waals surface area contributed by atoms with Gasteiger partial charge < -0.3 is 16.0 Å². The molecule has 0 bridgehead atoms. The molecule has 7 heteroatoms. The summed E-state index contributed by atoms with van der Waals surface area (Å²) < 4.78 is 0.857. The van der Waals surface area contributed by atoms with Crippen LogP contribution in [0.4, 0.5) is 5.69 Å². The summed E-state index contributed by atoms with van der Waals surface area (Å²) in [5, 5.41) is 2.62. The number of fused-ring (bicyclic) bond motifs is 1. The third-order valence-corrected chi connectivity index (χ3v) is 4.36. The van der Waals surface area contributed by atoms with Crippen LogP contribution in [0.3, 0.4) is 0 Å². The zero-order valence-electron chi connectivity index (χ0n) is 12.0. The first-order chi connectivity index (χ1) is 10.1. The van der Waals surface area contributed by atoms with E-state index in [9.17, 15) is 9.59 Å². The Hall–Kier alpha value is -2.15. The Morgan fingerprint density at radius 3 is 2.71 bits per heavy atom. The summed E-state index contributed by atoms with van der Waals surface area (Å²) >= 11 is 1.28. The Labute approximate surface area is 127 Å². The van der Waals surface area contributed by atoms with Crippen molar-refractivity contribution in [1.29, 1.82) is 0 Å². The molecule has 2 aromatic heterocycles. The minimum atomic E-state index is -0.337. The molecular weight excluding hydrogens is 288 g/mol. The van der Waals surface area contributed by atoms with Gasteiger partial charge in [-0.25, -0.2) is 0 Å². The predicted molar refractivity (Wildman–Crippen MR) is 84.3 cm³/mol. The summed E-state index contributed by atoms with van der Waals surface area (Å²) in [6.45, 7) is 5.03. The maximum absolute atomic E-state index is 12.2. The normalized spacial score (nSPS) is 10.6. The number of aromatic nitrogens is 1. The number of nitrogens with one attached hydrogen (secondary N) is 1. The SMILES string of the molecule is CCN(CC)C(=O)CNC(=O)c1sc2cccnc2c1N. The Kier molecular flexibility index (Phi) is 4.74. The Balaban J connectivity index is 2.09. The zero-order valence-corrected chi connectivity index (χ0v) is 12.9. The predicted octanol–water partition coefficient (Wildman–Crippen LogP) is 1.48. The average Bonchev–Trinajstić information content (AvgIpc) is 2.84. The van der Waals surface area contributed by atoms with Crippen LogP contribution >= 0.6 is 11.3 Å². The van der Waals surface area contributed by atoms with Gasteiger partial charge >= 0.3 is 0 Å². The van der Waals surface area contributed by atoms with Gasteiger partial charge in [0.2, 0.25) is 5.91 Å². The molecule has 112 valence electrons. The highest BCUT2D eigenvalue weighted by atomic mass is 32.1. The van der Waals surface area contributed by atoms with Crippen LogP contribution in [0.15, 0.2) is 18.3 Å². The molecule has 21 heavy (non-hydrogen) atoms. The quantitative estimate of drug-likeness (QED) is 0.875. The van der Waals surface area contributed by atoms with E-state index < -0.39 is 0 Å². The largest absolute Gasteiger partial charge is 0.396 e. The fourth-order valence-electron chi connectivity index (χ4n) is 2.04. The highest BCUT2D eigenvalue weighted by Crippen LogP contribution is 2.31. The number of thiophene rings is 1. The van der Waals surface area contributed by atoms with Crippen LogP contribution in [-0.4, -0.2) is 41.3 Å². The van der Waals surface area contributed by atoms with Crippen molar-refractivity contribution in [2.45, 2.75) is 13.8 Å². The molecular formula is C14H18N4O2S. The standard InChI is InChI=1S/C14H18N4O2S/c1-3-18(4-2)10(19)8-17-14(20)13-11(15)12-9(21-13)6-5-7-16-12/h5-7H,3-4,8,15H2,1-2H3,(H,17,20). The second-order valence-electron chi connectivity index (χ2n) is 4.44. The van der Waals surface area contributed by atoms with Gasteiger partial charge in [0, 0.05) is 19.3 Å². The van der Waals surface area contributed by atoms with E-state index in [0.29, 0.717) is 29.2 Å². The van der Waals surface area contributed by atoms with Gasteiger partial charge in [0.1, 0.15) is 10.4 Å². The van der Waals surface area contributed by atoms with Gasteiger partial charge in [0.05, 0.1) is 16.9 Å². The van der Waals surface area contributed by atoms with Gasteiger partial charge in [-0.1, -0.05) is 0 Å². The molecule has 0 unspecified atom stereocenters. The number of nitrogen functional groups attached to an aromatic ring is 1. The van der Waals surface area contributed by atoms with Crippen molar-refractivity contribution in [2.24, 2.45) is 0 Å². The van der Waals surface area contributed by atoms with Crippen molar-refractivity contribution in [3.8, 4) is 0 Å². The molecule has 6 nitrogen and oxygen atoms in total. The second kappa shape index (κ2) is 6.53. The smallest absolute Gasteiger partial charge is 0.264 e. The summed E-state index contributed by atoms with van der Waals surface area (Å²) in [6.07, 6.45) is 1.64. The number of carbonyl (C=O) groups is 2. The molecule has 2 heterocycles. The third-order valence-electron chi connectivity index (χ3n) is 3.21. The number of nitrogens with zero attached hydrogens (tertiary/aromatic N) is 2. The number of nitrogens with two attached hydrogens (primary N) is 1. The molecule has 0 aliphatic heterocycles. The lowest BCUT2D eigenvalue weighted by atomic mass is 10.3. The number of likely N-dealkylation sites (N-methyl/N-ethyl adjacent to an activating group) is 1. The van der Waals surface area contributed by atoms with E-state index in [1.807, 2.05) is 19.9 Å². The van der Waals surface area contributed by atoms with Gasteiger partial charge in [0.15, 0.2) is 0 Å². The van der Waals surface area contributed by atoms with E-state index in [0.717, 1.165) is 4.70 Å². The number of rotatable bonds is 5. The zero-order chi connectivity index (χ0) is 15.4. The summed E-state index contributed by atoms with van der Waals surface area (Å²) in [5.74, 6) is -0.442. The molecule has 3 N–H and O–H groups in total. The van der Waals surface area contributed by atoms with Crippen LogP contribution in [0.5, 0.6) is 0 Å². The lowest BCUT2D eigenvalue weighted by Crippen LogP contribution is -2.39. The third kappa shape index (κ3) is 3.13. The van der Waals surface area contributed by atoms with Crippen LogP contribution in [-0.2, 0) is 4.79 Å². The summed E-state index contributed by atoms with van der Waals surface area (Å²) in [7, 11) is 0. The Morgan fingerprint density at radius 1 is 1.38 bits per heavy atom. The van der Waals surface area contributed by atoms with Gasteiger partial charge in [-0.3, -0.25) is 14.6 Å². The van der Waals surface area contributed by atoms with Crippen LogP contribution in [0.25, 0.3) is 10.2 Å². The monoisotopic (exact) mass is 306 g/mol. The molecule has 0 aliphatic rings. The van der Waals surface area contributed by atoms with Gasteiger partial charge in [-0.05, 0) is 26.0 Å². The van der Waals surface area contributed by atoms with Crippen molar-refractivity contribution >= 4 is 39.1 Å². The topological polar surface area (TPSA) is 88.3 Å². The molecule has 0 fully saturated rings. The van der Waals surface area contributed by atoms with Crippen LogP contribution in [0.2, 0.25) is 0 Å². The fourth-order valence-corrected chi connectivity index (χ4v) is 3.04. The van der Waals surface area contributed by atoms with Gasteiger partial charge in [-0.2, -0.15) is 0 Å². The van der Waals surface area contributed by atoms with Crippen LogP contribution in [0, 0.1) is 0 Å². The first kappa shape index (κ1) is 15.2. The molecule has 0 aromatic carbocycles.